The maximum Gasteiger partial charge on any atom is 0.255 e. The summed E-state index contributed by atoms with van der Waals surface area (Å²) < 4.78 is 27.6. The monoisotopic (exact) mass is 579 g/mol. The SMILES string of the molecule is COCCOc1cc2c(cc1C(=O)NCCCN1CCC(F)CC1)sc1nc(-c3ccc(C4CCCN4)cc3)cn12. The molecule has 10 heteroatoms. The number of thiazole rings is 1. The first-order valence-electron chi connectivity index (χ1n) is 14.6. The van der Waals surface area contributed by atoms with Gasteiger partial charge < -0.3 is 25.0 Å². The number of alkyl halides is 1. The van der Waals surface area contributed by atoms with Gasteiger partial charge in [-0.05, 0) is 56.8 Å². The van der Waals surface area contributed by atoms with Crippen molar-refractivity contribution in [1.29, 1.82) is 0 Å². The van der Waals surface area contributed by atoms with Gasteiger partial charge in [-0.15, -0.1) is 0 Å². The van der Waals surface area contributed by atoms with Crippen LogP contribution in [0.3, 0.4) is 0 Å². The average Bonchev–Trinajstić information content (AvgIpc) is 3.74. The van der Waals surface area contributed by atoms with Crippen molar-refractivity contribution >= 4 is 32.4 Å². The van der Waals surface area contributed by atoms with E-state index in [0.717, 1.165) is 59.0 Å². The predicted octanol–water partition coefficient (Wildman–Crippen LogP) is 5.22. The minimum absolute atomic E-state index is 0.162. The molecule has 4 aromatic rings. The predicted molar refractivity (Wildman–Crippen MR) is 161 cm³/mol. The highest BCUT2D eigenvalue weighted by Crippen LogP contribution is 2.34. The lowest BCUT2D eigenvalue weighted by Gasteiger charge is -2.28. The molecule has 1 amide bonds. The molecule has 0 bridgehead atoms. The number of carbonyl (C=O) groups is 1. The van der Waals surface area contributed by atoms with Gasteiger partial charge in [-0.3, -0.25) is 9.20 Å². The molecule has 6 rings (SSSR count). The number of halogens is 1. The Kier molecular flexibility index (Phi) is 8.81. The van der Waals surface area contributed by atoms with Crippen molar-refractivity contribution in [3.05, 3.63) is 53.7 Å². The van der Waals surface area contributed by atoms with Crippen LogP contribution in [0.1, 0.15) is 54.1 Å². The molecule has 0 aliphatic carbocycles. The quantitative estimate of drug-likeness (QED) is 0.237. The Morgan fingerprint density at radius 2 is 2.00 bits per heavy atom. The molecule has 41 heavy (non-hydrogen) atoms. The number of piperidine rings is 1. The van der Waals surface area contributed by atoms with Crippen LogP contribution in [-0.4, -0.2) is 79.4 Å². The Morgan fingerprint density at radius 1 is 1.17 bits per heavy atom. The van der Waals surface area contributed by atoms with Crippen LogP contribution in [0.4, 0.5) is 4.39 Å². The van der Waals surface area contributed by atoms with Gasteiger partial charge in [-0.1, -0.05) is 35.6 Å². The molecule has 8 nitrogen and oxygen atoms in total. The summed E-state index contributed by atoms with van der Waals surface area (Å²) >= 11 is 1.56. The Hall–Kier alpha value is -3.05. The number of hydrogen-bond acceptors (Lipinski definition) is 7. The maximum atomic E-state index is 13.4. The smallest absolute Gasteiger partial charge is 0.255 e. The van der Waals surface area contributed by atoms with E-state index < -0.39 is 6.17 Å². The van der Waals surface area contributed by atoms with E-state index in [4.69, 9.17) is 14.5 Å². The fourth-order valence-electron chi connectivity index (χ4n) is 5.78. The van der Waals surface area contributed by atoms with Gasteiger partial charge in [0, 0.05) is 50.6 Å². The summed E-state index contributed by atoms with van der Waals surface area (Å²) in [5.41, 5.74) is 4.78. The number of aromatic nitrogens is 2. The maximum absolute atomic E-state index is 13.4. The van der Waals surface area contributed by atoms with Crippen LogP contribution in [0.2, 0.25) is 0 Å². The minimum atomic E-state index is -0.672. The fourth-order valence-corrected chi connectivity index (χ4v) is 6.81. The zero-order valence-corrected chi connectivity index (χ0v) is 24.4. The summed E-state index contributed by atoms with van der Waals surface area (Å²) in [6.07, 6.45) is 5.81. The molecule has 4 heterocycles. The third kappa shape index (κ3) is 6.40. The minimum Gasteiger partial charge on any atom is -0.490 e. The number of fused-ring (bicyclic) bond motifs is 3. The molecule has 0 spiro atoms. The van der Waals surface area contributed by atoms with Gasteiger partial charge in [-0.2, -0.15) is 0 Å². The highest BCUT2D eigenvalue weighted by Gasteiger charge is 2.21. The lowest BCUT2D eigenvalue weighted by atomic mass is 10.0. The van der Waals surface area contributed by atoms with E-state index in [2.05, 4.69) is 50.4 Å². The van der Waals surface area contributed by atoms with E-state index in [1.807, 2.05) is 12.1 Å². The number of methoxy groups -OCH3 is 1. The summed E-state index contributed by atoms with van der Waals surface area (Å²) in [5.74, 6) is 0.366. The summed E-state index contributed by atoms with van der Waals surface area (Å²) in [6, 6.07) is 13.0. The molecule has 0 radical (unpaired) electrons. The highest BCUT2D eigenvalue weighted by molar-refractivity contribution is 7.23. The molecule has 0 saturated carbocycles. The topological polar surface area (TPSA) is 80.1 Å². The lowest BCUT2D eigenvalue weighted by molar-refractivity contribution is 0.0942. The average molecular weight is 580 g/mol. The highest BCUT2D eigenvalue weighted by atomic mass is 32.1. The molecule has 218 valence electrons. The number of ether oxygens (including phenoxy) is 2. The van der Waals surface area contributed by atoms with Crippen molar-refractivity contribution in [3.8, 4) is 17.0 Å². The van der Waals surface area contributed by atoms with Crippen molar-refractivity contribution in [3.63, 3.8) is 0 Å². The molecular weight excluding hydrogens is 541 g/mol. The second-order valence-electron chi connectivity index (χ2n) is 10.9. The summed E-state index contributed by atoms with van der Waals surface area (Å²) in [7, 11) is 1.63. The first kappa shape index (κ1) is 28.1. The zero-order chi connectivity index (χ0) is 28.2. The number of hydrogen-bond donors (Lipinski definition) is 2. The Morgan fingerprint density at radius 3 is 2.76 bits per heavy atom. The molecule has 1 atom stereocenters. The van der Waals surface area contributed by atoms with Crippen LogP contribution in [0, 0.1) is 0 Å². The van der Waals surface area contributed by atoms with Crippen LogP contribution in [0.15, 0.2) is 42.6 Å². The zero-order valence-electron chi connectivity index (χ0n) is 23.5. The van der Waals surface area contributed by atoms with Crippen molar-refractivity contribution in [1.82, 2.24) is 24.9 Å². The molecule has 2 aromatic carbocycles. The Balaban J connectivity index is 1.18. The number of benzene rings is 2. The lowest BCUT2D eigenvalue weighted by Crippen LogP contribution is -2.36. The van der Waals surface area contributed by atoms with E-state index in [-0.39, 0.29) is 5.91 Å². The number of imidazole rings is 1. The van der Waals surface area contributed by atoms with Gasteiger partial charge in [0.25, 0.3) is 5.91 Å². The first-order chi connectivity index (χ1) is 20.1. The summed E-state index contributed by atoms with van der Waals surface area (Å²) in [4.78, 5) is 21.3. The first-order valence-corrected chi connectivity index (χ1v) is 15.5. The number of nitrogens with zero attached hydrogens (tertiary/aromatic N) is 3. The van der Waals surface area contributed by atoms with E-state index in [0.29, 0.717) is 50.0 Å². The molecule has 2 N–H and O–H groups in total. The second-order valence-corrected chi connectivity index (χ2v) is 11.9. The number of carbonyl (C=O) groups excluding carboxylic acids is 1. The van der Waals surface area contributed by atoms with Crippen molar-refractivity contribution in [2.24, 2.45) is 0 Å². The van der Waals surface area contributed by atoms with Crippen molar-refractivity contribution < 1.29 is 18.7 Å². The number of rotatable bonds is 11. The van der Waals surface area contributed by atoms with Crippen LogP contribution in [0.25, 0.3) is 26.4 Å². The summed E-state index contributed by atoms with van der Waals surface area (Å²) in [6.45, 7) is 4.83. The number of nitrogens with one attached hydrogen (secondary N) is 2. The second kappa shape index (κ2) is 12.9. The standard InChI is InChI=1S/C31H38FN5O3S/c1-39-16-17-40-28-19-27-29(18-24(28)30(38)34-12-3-13-36-14-9-23(32)10-15-36)41-31-35-26(20-37(27)31)22-7-5-21(6-8-22)25-4-2-11-33-25/h5-8,18-20,23,25,33H,2-4,9-17H2,1H3,(H,34,38). The Labute approximate surface area is 243 Å². The molecule has 1 unspecified atom stereocenters. The normalized spacial score (nSPS) is 18.4. The largest absolute Gasteiger partial charge is 0.490 e. The molecular formula is C31H38FN5O3S. The molecule has 2 aromatic heterocycles. The van der Waals surface area contributed by atoms with Gasteiger partial charge >= 0.3 is 0 Å². The van der Waals surface area contributed by atoms with Crippen LogP contribution >= 0.6 is 11.3 Å². The van der Waals surface area contributed by atoms with Gasteiger partial charge in [0.05, 0.1) is 28.1 Å². The fraction of sp³-hybridized carbons (Fsp3) is 0.484. The molecule has 2 saturated heterocycles. The van der Waals surface area contributed by atoms with Crippen molar-refractivity contribution in [2.75, 3.05) is 53.0 Å². The van der Waals surface area contributed by atoms with E-state index in [1.54, 1.807) is 18.4 Å². The van der Waals surface area contributed by atoms with Gasteiger partial charge in [0.15, 0.2) is 4.96 Å². The van der Waals surface area contributed by atoms with E-state index in [9.17, 15) is 9.18 Å². The third-order valence-corrected chi connectivity index (χ3v) is 9.13. The third-order valence-electron chi connectivity index (χ3n) is 8.11. The van der Waals surface area contributed by atoms with Gasteiger partial charge in [0.2, 0.25) is 0 Å². The van der Waals surface area contributed by atoms with E-state index >= 15 is 0 Å². The van der Waals surface area contributed by atoms with Gasteiger partial charge in [-0.25, -0.2) is 9.37 Å². The number of amides is 1. The van der Waals surface area contributed by atoms with Gasteiger partial charge in [0.1, 0.15) is 18.5 Å². The van der Waals surface area contributed by atoms with Crippen LogP contribution in [0.5, 0.6) is 5.75 Å². The van der Waals surface area contributed by atoms with E-state index in [1.165, 1.54) is 18.4 Å². The number of likely N-dealkylation sites (tertiary alicyclic amines) is 1. The van der Waals surface area contributed by atoms with Crippen LogP contribution < -0.4 is 15.4 Å². The molecule has 2 aliphatic heterocycles. The molecule has 2 fully saturated rings. The Bertz CT molecular complexity index is 1470. The van der Waals surface area contributed by atoms with Crippen molar-refractivity contribution in [2.45, 2.75) is 44.3 Å². The summed E-state index contributed by atoms with van der Waals surface area (Å²) in [5, 5.41) is 6.61. The van der Waals surface area contributed by atoms with Crippen LogP contribution in [-0.2, 0) is 4.74 Å². The molecule has 2 aliphatic rings.